The van der Waals surface area contributed by atoms with Gasteiger partial charge in [-0.3, -0.25) is 0 Å². The van der Waals surface area contributed by atoms with Gasteiger partial charge in [0.1, 0.15) is 5.76 Å². The van der Waals surface area contributed by atoms with Crippen molar-refractivity contribution < 1.29 is 4.42 Å². The Hall–Kier alpha value is -1.59. The quantitative estimate of drug-likeness (QED) is 0.941. The van der Waals surface area contributed by atoms with Crippen LogP contribution in [0.4, 0.5) is 5.82 Å². The van der Waals surface area contributed by atoms with E-state index in [-0.39, 0.29) is 0 Å². The number of nitrogens with one attached hydrogen (secondary N) is 1. The average molecular weight is 307 g/mol. The van der Waals surface area contributed by atoms with Crippen molar-refractivity contribution in [1.29, 1.82) is 0 Å². The van der Waals surface area contributed by atoms with Crippen molar-refractivity contribution in [2.24, 2.45) is 0 Å². The van der Waals surface area contributed by atoms with E-state index < -0.39 is 0 Å². The van der Waals surface area contributed by atoms with Gasteiger partial charge in [-0.25, -0.2) is 0 Å². The Balaban J connectivity index is 1.56. The van der Waals surface area contributed by atoms with E-state index in [0.717, 1.165) is 43.2 Å². The van der Waals surface area contributed by atoms with Crippen LogP contribution in [0, 0.1) is 6.92 Å². The van der Waals surface area contributed by atoms with Crippen molar-refractivity contribution in [1.82, 2.24) is 15.5 Å². The summed E-state index contributed by atoms with van der Waals surface area (Å²) in [7, 11) is 0. The van der Waals surface area contributed by atoms with E-state index >= 15 is 0 Å². The van der Waals surface area contributed by atoms with Crippen LogP contribution in [0.1, 0.15) is 24.3 Å². The van der Waals surface area contributed by atoms with Crippen LogP contribution in [0.15, 0.2) is 28.7 Å². The Morgan fingerprint density at radius 2 is 2.24 bits per heavy atom. The van der Waals surface area contributed by atoms with Gasteiger partial charge in [0.15, 0.2) is 11.0 Å². The molecule has 21 heavy (non-hydrogen) atoms. The Labute approximate surface area is 129 Å². The first kappa shape index (κ1) is 14.4. The molecule has 1 aliphatic heterocycles. The van der Waals surface area contributed by atoms with E-state index in [9.17, 15) is 0 Å². The molecule has 0 saturated carbocycles. The summed E-state index contributed by atoms with van der Waals surface area (Å²) in [5, 5.41) is 12.4. The maximum absolute atomic E-state index is 5.78. The predicted octanol–water partition coefficient (Wildman–Crippen LogP) is 2.79. The summed E-state index contributed by atoms with van der Waals surface area (Å²) < 4.78 is 5.37. The van der Waals surface area contributed by atoms with Crippen molar-refractivity contribution in [3.63, 3.8) is 0 Å². The molecule has 3 rings (SSSR count). The summed E-state index contributed by atoms with van der Waals surface area (Å²) in [6, 6.07) is 8.14. The Kier molecular flexibility index (Phi) is 4.41. The van der Waals surface area contributed by atoms with Gasteiger partial charge in [-0.15, -0.1) is 5.10 Å². The molecule has 0 aromatic carbocycles. The van der Waals surface area contributed by atoms with Crippen LogP contribution in [-0.2, 0) is 6.54 Å². The normalized spacial score (nSPS) is 19.0. The van der Waals surface area contributed by atoms with Gasteiger partial charge in [-0.05, 0) is 55.6 Å². The number of furan rings is 1. The van der Waals surface area contributed by atoms with Gasteiger partial charge < -0.3 is 14.6 Å². The largest absolute Gasteiger partial charge is 0.448 e. The number of hydrogen-bond donors (Lipinski definition) is 1. The van der Waals surface area contributed by atoms with Gasteiger partial charge in [0.05, 0.1) is 12.2 Å². The summed E-state index contributed by atoms with van der Waals surface area (Å²) in [6.45, 7) is 4.62. The first-order valence-electron chi connectivity index (χ1n) is 7.23. The van der Waals surface area contributed by atoms with Crippen molar-refractivity contribution >= 4 is 17.4 Å². The van der Waals surface area contributed by atoms with Gasteiger partial charge in [-0.2, -0.15) is 5.10 Å². The highest BCUT2D eigenvalue weighted by atomic mass is 35.5. The first-order chi connectivity index (χ1) is 10.2. The van der Waals surface area contributed by atoms with Crippen molar-refractivity contribution in [2.75, 3.05) is 18.0 Å². The molecule has 2 aromatic rings. The number of rotatable bonds is 4. The minimum atomic E-state index is 0.422. The fraction of sp³-hybridized carbons (Fsp3) is 0.467. The highest BCUT2D eigenvalue weighted by molar-refractivity contribution is 6.28. The Morgan fingerprint density at radius 3 is 2.95 bits per heavy atom. The molecule has 0 spiro atoms. The maximum atomic E-state index is 5.78. The summed E-state index contributed by atoms with van der Waals surface area (Å²) in [5.74, 6) is 1.82. The van der Waals surface area contributed by atoms with Gasteiger partial charge in [0.25, 0.3) is 0 Å². The monoisotopic (exact) mass is 306 g/mol. The molecule has 3 heterocycles. The molecule has 2 aromatic heterocycles. The van der Waals surface area contributed by atoms with Crippen LogP contribution in [-0.4, -0.2) is 29.3 Å². The first-order valence-corrected chi connectivity index (χ1v) is 7.61. The number of nitrogens with zero attached hydrogens (tertiary/aromatic N) is 3. The fourth-order valence-corrected chi connectivity index (χ4v) is 2.77. The summed E-state index contributed by atoms with van der Waals surface area (Å²) >= 11 is 5.78. The van der Waals surface area contributed by atoms with Gasteiger partial charge in [0.2, 0.25) is 0 Å². The van der Waals surface area contributed by atoms with E-state index in [2.05, 4.69) is 20.4 Å². The lowest BCUT2D eigenvalue weighted by molar-refractivity contribution is 0.394. The molecule has 0 aliphatic carbocycles. The predicted molar refractivity (Wildman–Crippen MR) is 82.6 cm³/mol. The SMILES string of the molecule is Cc1ccc(N2CCC[C@@H](NCc3ccc(Cl)o3)C2)nn1. The Morgan fingerprint density at radius 1 is 1.33 bits per heavy atom. The average Bonchev–Trinajstić information content (AvgIpc) is 2.92. The fourth-order valence-electron chi connectivity index (χ4n) is 2.60. The molecule has 1 saturated heterocycles. The van der Waals surface area contributed by atoms with Crippen LogP contribution < -0.4 is 10.2 Å². The molecular formula is C15H19ClN4O. The highest BCUT2D eigenvalue weighted by Gasteiger charge is 2.21. The van der Waals surface area contributed by atoms with Crippen LogP contribution in [0.25, 0.3) is 0 Å². The number of piperidine rings is 1. The molecule has 0 unspecified atom stereocenters. The molecule has 5 nitrogen and oxygen atoms in total. The molecule has 0 bridgehead atoms. The topological polar surface area (TPSA) is 54.2 Å². The second kappa shape index (κ2) is 6.45. The zero-order chi connectivity index (χ0) is 14.7. The molecule has 0 amide bonds. The molecule has 1 N–H and O–H groups in total. The lowest BCUT2D eigenvalue weighted by Crippen LogP contribution is -2.45. The number of halogens is 1. The molecule has 1 atom stereocenters. The lowest BCUT2D eigenvalue weighted by Gasteiger charge is -2.33. The minimum absolute atomic E-state index is 0.422. The summed E-state index contributed by atoms with van der Waals surface area (Å²) in [6.07, 6.45) is 2.30. The van der Waals surface area contributed by atoms with Gasteiger partial charge >= 0.3 is 0 Å². The molecular weight excluding hydrogens is 288 g/mol. The molecule has 6 heteroatoms. The second-order valence-electron chi connectivity index (χ2n) is 5.40. The standard InChI is InChI=1S/C15H19ClN4O/c1-11-4-7-15(19-18-11)20-8-2-3-12(10-20)17-9-13-5-6-14(16)21-13/h4-7,12,17H,2-3,8-10H2,1H3/t12-/m1/s1. The highest BCUT2D eigenvalue weighted by Crippen LogP contribution is 2.18. The van der Waals surface area contributed by atoms with Gasteiger partial charge in [0, 0.05) is 19.1 Å². The van der Waals surface area contributed by atoms with Crippen LogP contribution in [0.5, 0.6) is 0 Å². The van der Waals surface area contributed by atoms with Crippen LogP contribution in [0.3, 0.4) is 0 Å². The second-order valence-corrected chi connectivity index (χ2v) is 5.78. The molecule has 0 radical (unpaired) electrons. The van der Waals surface area contributed by atoms with E-state index in [1.54, 1.807) is 6.07 Å². The molecule has 112 valence electrons. The number of aryl methyl sites for hydroxylation is 1. The number of anilines is 1. The summed E-state index contributed by atoms with van der Waals surface area (Å²) in [4.78, 5) is 2.28. The van der Waals surface area contributed by atoms with Crippen molar-refractivity contribution in [3.8, 4) is 0 Å². The Bertz CT molecular complexity index is 584. The van der Waals surface area contributed by atoms with E-state index in [4.69, 9.17) is 16.0 Å². The van der Waals surface area contributed by atoms with Crippen LogP contribution in [0.2, 0.25) is 5.22 Å². The van der Waals surface area contributed by atoms with E-state index in [1.165, 1.54) is 0 Å². The smallest absolute Gasteiger partial charge is 0.193 e. The summed E-state index contributed by atoms with van der Waals surface area (Å²) in [5.41, 5.74) is 0.945. The minimum Gasteiger partial charge on any atom is -0.448 e. The van der Waals surface area contributed by atoms with Gasteiger partial charge in [-0.1, -0.05) is 0 Å². The maximum Gasteiger partial charge on any atom is 0.193 e. The number of hydrogen-bond acceptors (Lipinski definition) is 5. The third-order valence-corrected chi connectivity index (χ3v) is 3.93. The van der Waals surface area contributed by atoms with Crippen molar-refractivity contribution in [2.45, 2.75) is 32.4 Å². The zero-order valence-corrected chi connectivity index (χ0v) is 12.8. The molecule has 1 aliphatic rings. The van der Waals surface area contributed by atoms with Crippen LogP contribution >= 0.6 is 11.6 Å². The zero-order valence-electron chi connectivity index (χ0n) is 12.1. The third kappa shape index (κ3) is 3.74. The number of aromatic nitrogens is 2. The molecule has 1 fully saturated rings. The van der Waals surface area contributed by atoms with Crippen molar-refractivity contribution in [3.05, 3.63) is 40.9 Å². The van der Waals surface area contributed by atoms with E-state index in [1.807, 2.05) is 25.1 Å². The lowest BCUT2D eigenvalue weighted by atomic mass is 10.1. The third-order valence-electron chi connectivity index (χ3n) is 3.72. The van der Waals surface area contributed by atoms with E-state index in [0.29, 0.717) is 17.8 Å².